The molecule has 0 fully saturated rings. The third kappa shape index (κ3) is 3.06. The molecule has 0 unspecified atom stereocenters. The van der Waals surface area contributed by atoms with E-state index in [1.807, 2.05) is 28.7 Å². The predicted molar refractivity (Wildman–Crippen MR) is 101 cm³/mol. The Labute approximate surface area is 156 Å². The molecule has 4 rings (SSSR count). The molecule has 2 N–H and O–H groups in total. The van der Waals surface area contributed by atoms with Crippen LogP contribution in [0.15, 0.2) is 47.6 Å². The highest BCUT2D eigenvalue weighted by molar-refractivity contribution is 7.99. The quantitative estimate of drug-likeness (QED) is 0.510. The second-order valence-electron chi connectivity index (χ2n) is 5.20. The molecular formula is C16H11Cl2N5OS. The van der Waals surface area contributed by atoms with E-state index in [4.69, 9.17) is 23.2 Å². The standard InChI is InChI=1S/C16H11Cl2N5OS/c17-9-4-3-5-10(18)14(9)20-13(24)8-25-16-22-21-15-19-11-6-1-2-7-12(11)23(15)16/h1-7H,8H2,(H,19,21)(H,20,24). The van der Waals surface area contributed by atoms with Crippen LogP contribution in [0.25, 0.3) is 16.8 Å². The van der Waals surface area contributed by atoms with E-state index in [-0.39, 0.29) is 11.7 Å². The van der Waals surface area contributed by atoms with Gasteiger partial charge in [0.25, 0.3) is 0 Å². The normalized spacial score (nSPS) is 11.3. The number of hydrogen-bond donors (Lipinski definition) is 2. The summed E-state index contributed by atoms with van der Waals surface area (Å²) in [5, 5.41) is 11.3. The van der Waals surface area contributed by atoms with Crippen molar-refractivity contribution >= 4 is 63.4 Å². The van der Waals surface area contributed by atoms with E-state index in [1.54, 1.807) is 18.2 Å². The number of benzene rings is 2. The van der Waals surface area contributed by atoms with Crippen molar-refractivity contribution in [2.45, 2.75) is 5.16 Å². The number of imidazole rings is 1. The van der Waals surface area contributed by atoms with Crippen LogP contribution in [-0.2, 0) is 4.79 Å². The van der Waals surface area contributed by atoms with Gasteiger partial charge in [-0.2, -0.15) is 0 Å². The Bertz CT molecular complexity index is 1070. The smallest absolute Gasteiger partial charge is 0.234 e. The van der Waals surface area contributed by atoms with Crippen LogP contribution >= 0.6 is 35.0 Å². The van der Waals surface area contributed by atoms with E-state index in [0.717, 1.165) is 11.0 Å². The highest BCUT2D eigenvalue weighted by Gasteiger charge is 2.15. The summed E-state index contributed by atoms with van der Waals surface area (Å²) in [5.74, 6) is 0.576. The summed E-state index contributed by atoms with van der Waals surface area (Å²) in [6, 6.07) is 12.8. The Kier molecular flexibility index (Phi) is 4.29. The molecule has 2 aromatic carbocycles. The highest BCUT2D eigenvalue weighted by Crippen LogP contribution is 2.30. The van der Waals surface area contributed by atoms with Gasteiger partial charge in [0.1, 0.15) is 0 Å². The second kappa shape index (κ2) is 6.59. The summed E-state index contributed by atoms with van der Waals surface area (Å²) >= 11 is 13.4. The van der Waals surface area contributed by atoms with Gasteiger partial charge in [-0.05, 0) is 24.3 Å². The lowest BCUT2D eigenvalue weighted by Crippen LogP contribution is -2.15. The topological polar surface area (TPSA) is 75.1 Å². The third-order valence-electron chi connectivity index (χ3n) is 3.56. The summed E-state index contributed by atoms with van der Waals surface area (Å²) in [6.07, 6.45) is 0. The lowest BCUT2D eigenvalue weighted by atomic mass is 10.3. The number of halogens is 2. The molecule has 0 saturated carbocycles. The molecule has 4 aromatic rings. The third-order valence-corrected chi connectivity index (χ3v) is 5.13. The van der Waals surface area contributed by atoms with Crippen molar-refractivity contribution in [1.29, 1.82) is 0 Å². The maximum Gasteiger partial charge on any atom is 0.234 e. The lowest BCUT2D eigenvalue weighted by molar-refractivity contribution is -0.113. The zero-order chi connectivity index (χ0) is 17.4. The first-order valence-electron chi connectivity index (χ1n) is 7.32. The Morgan fingerprint density at radius 2 is 1.92 bits per heavy atom. The average Bonchev–Trinajstić information content (AvgIpc) is 3.15. The second-order valence-corrected chi connectivity index (χ2v) is 6.96. The van der Waals surface area contributed by atoms with Crippen molar-refractivity contribution in [1.82, 2.24) is 19.6 Å². The molecule has 25 heavy (non-hydrogen) atoms. The van der Waals surface area contributed by atoms with Crippen molar-refractivity contribution in [3.8, 4) is 0 Å². The first kappa shape index (κ1) is 16.3. The molecule has 0 aliphatic carbocycles. The minimum Gasteiger partial charge on any atom is -0.323 e. The largest absolute Gasteiger partial charge is 0.323 e. The molecule has 126 valence electrons. The van der Waals surface area contributed by atoms with Gasteiger partial charge in [0.2, 0.25) is 11.7 Å². The number of amides is 1. The molecule has 0 bridgehead atoms. The van der Waals surface area contributed by atoms with Crippen molar-refractivity contribution in [3.05, 3.63) is 52.5 Å². The Hall–Kier alpha value is -2.22. The molecule has 2 heterocycles. The van der Waals surface area contributed by atoms with Gasteiger partial charge in [-0.1, -0.05) is 53.2 Å². The van der Waals surface area contributed by atoms with Crippen LogP contribution in [0.2, 0.25) is 10.0 Å². The van der Waals surface area contributed by atoms with Gasteiger partial charge in [-0.25, -0.2) is 10.1 Å². The van der Waals surface area contributed by atoms with E-state index in [9.17, 15) is 4.79 Å². The summed E-state index contributed by atoms with van der Waals surface area (Å²) in [7, 11) is 0. The first-order chi connectivity index (χ1) is 12.1. The molecule has 6 nitrogen and oxygen atoms in total. The van der Waals surface area contributed by atoms with E-state index in [0.29, 0.717) is 26.7 Å². The van der Waals surface area contributed by atoms with Gasteiger partial charge in [-0.3, -0.25) is 9.20 Å². The molecule has 0 saturated heterocycles. The number of carbonyl (C=O) groups is 1. The van der Waals surface area contributed by atoms with Crippen molar-refractivity contribution in [2.24, 2.45) is 0 Å². The number of thioether (sulfide) groups is 1. The van der Waals surface area contributed by atoms with E-state index in [2.05, 4.69) is 20.5 Å². The minimum atomic E-state index is -0.222. The maximum atomic E-state index is 12.2. The molecule has 0 aliphatic heterocycles. The minimum absolute atomic E-state index is 0.161. The predicted octanol–water partition coefficient (Wildman–Crippen LogP) is 4.25. The van der Waals surface area contributed by atoms with Crippen LogP contribution in [0, 0.1) is 0 Å². The van der Waals surface area contributed by atoms with Crippen molar-refractivity contribution in [3.63, 3.8) is 0 Å². The Balaban J connectivity index is 1.53. The fraction of sp³-hybridized carbons (Fsp3) is 0.0625. The average molecular weight is 392 g/mol. The van der Waals surface area contributed by atoms with Crippen LogP contribution < -0.4 is 5.32 Å². The fourth-order valence-corrected chi connectivity index (χ4v) is 3.71. The molecule has 2 aromatic heterocycles. The van der Waals surface area contributed by atoms with Gasteiger partial charge in [0.15, 0.2) is 5.16 Å². The first-order valence-corrected chi connectivity index (χ1v) is 9.06. The number of para-hydroxylation sites is 3. The van der Waals surface area contributed by atoms with E-state index >= 15 is 0 Å². The zero-order valence-corrected chi connectivity index (χ0v) is 15.0. The Morgan fingerprint density at radius 3 is 2.72 bits per heavy atom. The van der Waals surface area contributed by atoms with Gasteiger partial charge >= 0.3 is 0 Å². The number of rotatable bonds is 4. The highest BCUT2D eigenvalue weighted by atomic mass is 35.5. The summed E-state index contributed by atoms with van der Waals surface area (Å²) in [6.45, 7) is 0. The van der Waals surface area contributed by atoms with Gasteiger partial charge in [0, 0.05) is 0 Å². The van der Waals surface area contributed by atoms with Gasteiger partial charge in [0.05, 0.1) is 32.5 Å². The number of H-pyrrole nitrogens is 1. The van der Waals surface area contributed by atoms with Crippen LogP contribution in [0.1, 0.15) is 0 Å². The van der Waals surface area contributed by atoms with E-state index < -0.39 is 0 Å². The Morgan fingerprint density at radius 1 is 1.16 bits per heavy atom. The van der Waals surface area contributed by atoms with Crippen LogP contribution in [0.3, 0.4) is 0 Å². The number of nitrogens with one attached hydrogen (secondary N) is 2. The number of aromatic amines is 1. The van der Waals surface area contributed by atoms with Gasteiger partial charge < -0.3 is 5.32 Å². The van der Waals surface area contributed by atoms with Crippen LogP contribution in [0.5, 0.6) is 0 Å². The summed E-state index contributed by atoms with van der Waals surface area (Å²) < 4.78 is 1.88. The molecule has 1 amide bonds. The number of hydrogen-bond acceptors (Lipinski definition) is 4. The summed E-state index contributed by atoms with van der Waals surface area (Å²) in [4.78, 5) is 16.7. The van der Waals surface area contributed by atoms with Crippen molar-refractivity contribution < 1.29 is 4.79 Å². The molecule has 0 radical (unpaired) electrons. The van der Waals surface area contributed by atoms with E-state index in [1.165, 1.54) is 11.8 Å². The SMILES string of the molecule is O=C(CSc1n[nH]c2nc3ccccc3n12)Nc1c(Cl)cccc1Cl. The zero-order valence-electron chi connectivity index (χ0n) is 12.7. The maximum absolute atomic E-state index is 12.2. The molecule has 0 aliphatic rings. The van der Waals surface area contributed by atoms with Gasteiger partial charge in [-0.15, -0.1) is 5.10 Å². The molecule has 0 spiro atoms. The fourth-order valence-electron chi connectivity index (χ4n) is 2.46. The van der Waals surface area contributed by atoms with Crippen LogP contribution in [0.4, 0.5) is 5.69 Å². The molecule has 9 heteroatoms. The monoisotopic (exact) mass is 391 g/mol. The lowest BCUT2D eigenvalue weighted by Gasteiger charge is -2.08. The number of carbonyl (C=O) groups excluding carboxylic acids is 1. The number of aromatic nitrogens is 4. The number of anilines is 1. The number of nitrogens with zero attached hydrogens (tertiary/aromatic N) is 3. The molecule has 0 atom stereocenters. The summed E-state index contributed by atoms with van der Waals surface area (Å²) in [5.41, 5.74) is 2.21. The van der Waals surface area contributed by atoms with Crippen molar-refractivity contribution in [2.75, 3.05) is 11.1 Å². The molecular weight excluding hydrogens is 381 g/mol. The van der Waals surface area contributed by atoms with Crippen LogP contribution in [-0.4, -0.2) is 31.2 Å². The number of fused-ring (bicyclic) bond motifs is 3.